The zero-order valence-electron chi connectivity index (χ0n) is 8.94. The molecule has 0 spiro atoms. The van der Waals surface area contributed by atoms with E-state index in [2.05, 4.69) is 25.4 Å². The van der Waals surface area contributed by atoms with E-state index < -0.39 is 4.92 Å². The molecule has 0 aliphatic carbocycles. The van der Waals surface area contributed by atoms with Crippen LogP contribution in [0.25, 0.3) is 5.82 Å². The summed E-state index contributed by atoms with van der Waals surface area (Å²) in [7, 11) is 0. The molecule has 9 heteroatoms. The maximum atomic E-state index is 11.0. The predicted octanol–water partition coefficient (Wildman–Crippen LogP) is 0.397. The summed E-state index contributed by atoms with van der Waals surface area (Å²) in [5.74, 6) is 0.247. The van der Waals surface area contributed by atoms with E-state index in [-0.39, 0.29) is 17.3 Å². The Morgan fingerprint density at radius 3 is 2.88 bits per heavy atom. The highest BCUT2D eigenvalue weighted by atomic mass is 16.6. The van der Waals surface area contributed by atoms with Crippen LogP contribution >= 0.6 is 0 Å². The van der Waals surface area contributed by atoms with Crippen LogP contribution in [0.15, 0.2) is 19.0 Å². The minimum atomic E-state index is -0.547. The van der Waals surface area contributed by atoms with Gasteiger partial charge in [0.2, 0.25) is 11.6 Å². The highest BCUT2D eigenvalue weighted by molar-refractivity contribution is 5.63. The zero-order chi connectivity index (χ0) is 12.3. The summed E-state index contributed by atoms with van der Waals surface area (Å²) in [5.41, 5.74) is -0.222. The molecule has 0 aliphatic rings. The Bertz CT molecular complexity index is 525. The standard InChI is InChI=1S/C8H9N7O2/c1-2-10-7-6(15(16)17)8(12-4-11-7)14-5-9-3-13-14/h3-5H,2H2,1H3,(H,10,11,12). The molecule has 0 atom stereocenters. The average Bonchev–Trinajstić information content (AvgIpc) is 2.82. The minimum absolute atomic E-state index is 0.0819. The van der Waals surface area contributed by atoms with Gasteiger partial charge in [0.15, 0.2) is 0 Å². The molecule has 0 radical (unpaired) electrons. The number of anilines is 1. The number of rotatable bonds is 4. The van der Waals surface area contributed by atoms with Gasteiger partial charge in [-0.05, 0) is 6.92 Å². The van der Waals surface area contributed by atoms with Crippen molar-refractivity contribution in [2.45, 2.75) is 6.92 Å². The van der Waals surface area contributed by atoms with Crippen LogP contribution in [0.4, 0.5) is 11.5 Å². The Morgan fingerprint density at radius 1 is 1.47 bits per heavy atom. The summed E-state index contributed by atoms with van der Waals surface area (Å²) in [5, 5.41) is 17.7. The van der Waals surface area contributed by atoms with Gasteiger partial charge >= 0.3 is 5.69 Å². The first kappa shape index (κ1) is 10.9. The van der Waals surface area contributed by atoms with Crippen molar-refractivity contribution in [3.63, 3.8) is 0 Å². The van der Waals surface area contributed by atoms with Crippen LogP contribution < -0.4 is 5.32 Å². The van der Waals surface area contributed by atoms with Crippen LogP contribution in [0.1, 0.15) is 6.92 Å². The van der Waals surface area contributed by atoms with Crippen LogP contribution in [-0.4, -0.2) is 36.2 Å². The molecule has 17 heavy (non-hydrogen) atoms. The van der Waals surface area contributed by atoms with Crippen molar-refractivity contribution >= 4 is 11.5 Å². The van der Waals surface area contributed by atoms with Gasteiger partial charge in [0.1, 0.15) is 19.0 Å². The van der Waals surface area contributed by atoms with Crippen LogP contribution in [-0.2, 0) is 0 Å². The first-order valence-electron chi connectivity index (χ1n) is 4.82. The third-order valence-electron chi connectivity index (χ3n) is 1.97. The molecule has 2 aromatic heterocycles. The van der Waals surface area contributed by atoms with Crippen LogP contribution in [0, 0.1) is 10.1 Å². The van der Waals surface area contributed by atoms with E-state index in [4.69, 9.17) is 0 Å². The van der Waals surface area contributed by atoms with Crippen molar-refractivity contribution in [1.29, 1.82) is 0 Å². The van der Waals surface area contributed by atoms with Crippen molar-refractivity contribution < 1.29 is 4.92 Å². The molecule has 0 fully saturated rings. The van der Waals surface area contributed by atoms with E-state index in [9.17, 15) is 10.1 Å². The fraction of sp³-hybridized carbons (Fsp3) is 0.250. The average molecular weight is 235 g/mol. The smallest absolute Gasteiger partial charge is 0.355 e. The van der Waals surface area contributed by atoms with Crippen molar-refractivity contribution in [2.75, 3.05) is 11.9 Å². The van der Waals surface area contributed by atoms with E-state index in [1.54, 1.807) is 0 Å². The van der Waals surface area contributed by atoms with Crippen LogP contribution in [0.5, 0.6) is 0 Å². The molecule has 0 bridgehead atoms. The summed E-state index contributed by atoms with van der Waals surface area (Å²) in [4.78, 5) is 21.9. The fourth-order valence-electron chi connectivity index (χ4n) is 1.32. The number of nitrogens with one attached hydrogen (secondary N) is 1. The lowest BCUT2D eigenvalue weighted by molar-refractivity contribution is -0.384. The molecule has 0 aromatic carbocycles. The molecule has 0 saturated carbocycles. The summed E-state index contributed by atoms with van der Waals surface area (Å²) in [6, 6.07) is 0. The molecule has 0 unspecified atom stereocenters. The van der Waals surface area contributed by atoms with Gasteiger partial charge in [-0.1, -0.05) is 0 Å². The van der Waals surface area contributed by atoms with Gasteiger partial charge in [-0.3, -0.25) is 10.1 Å². The number of hydrogen-bond donors (Lipinski definition) is 1. The molecule has 88 valence electrons. The first-order chi connectivity index (χ1) is 8.24. The molecule has 2 rings (SSSR count). The van der Waals surface area contributed by atoms with E-state index in [0.717, 1.165) is 0 Å². The molecule has 9 nitrogen and oxygen atoms in total. The van der Waals surface area contributed by atoms with Crippen molar-refractivity contribution in [2.24, 2.45) is 0 Å². The van der Waals surface area contributed by atoms with Gasteiger partial charge in [-0.2, -0.15) is 9.78 Å². The predicted molar refractivity (Wildman–Crippen MR) is 57.8 cm³/mol. The molecule has 0 amide bonds. The second kappa shape index (κ2) is 4.51. The van der Waals surface area contributed by atoms with Crippen LogP contribution in [0.3, 0.4) is 0 Å². The Kier molecular flexibility index (Phi) is 2.90. The lowest BCUT2D eigenvalue weighted by atomic mass is 10.4. The van der Waals surface area contributed by atoms with Crippen molar-refractivity contribution in [1.82, 2.24) is 24.7 Å². The monoisotopic (exact) mass is 235 g/mol. The molecular weight excluding hydrogens is 226 g/mol. The lowest BCUT2D eigenvalue weighted by Gasteiger charge is -2.05. The van der Waals surface area contributed by atoms with E-state index in [1.165, 1.54) is 23.7 Å². The summed E-state index contributed by atoms with van der Waals surface area (Å²) < 4.78 is 1.22. The number of hydrogen-bond acceptors (Lipinski definition) is 7. The Hall–Kier alpha value is -2.58. The maximum absolute atomic E-state index is 11.0. The maximum Gasteiger partial charge on any atom is 0.355 e. The lowest BCUT2D eigenvalue weighted by Crippen LogP contribution is -2.09. The van der Waals surface area contributed by atoms with Gasteiger partial charge < -0.3 is 5.32 Å². The highest BCUT2D eigenvalue weighted by Gasteiger charge is 2.24. The quantitative estimate of drug-likeness (QED) is 0.602. The summed E-state index contributed by atoms with van der Waals surface area (Å²) in [6.07, 6.45) is 3.85. The van der Waals surface area contributed by atoms with Gasteiger partial charge in [0.25, 0.3) is 0 Å². The van der Waals surface area contributed by atoms with E-state index in [1.807, 2.05) is 6.92 Å². The van der Waals surface area contributed by atoms with Crippen molar-refractivity contribution in [3.05, 3.63) is 29.1 Å². The minimum Gasteiger partial charge on any atom is -0.364 e. The summed E-state index contributed by atoms with van der Waals surface area (Å²) in [6.45, 7) is 2.34. The van der Waals surface area contributed by atoms with E-state index >= 15 is 0 Å². The zero-order valence-corrected chi connectivity index (χ0v) is 8.94. The van der Waals surface area contributed by atoms with Crippen molar-refractivity contribution in [3.8, 4) is 5.82 Å². The number of aromatic nitrogens is 5. The van der Waals surface area contributed by atoms with Gasteiger partial charge in [0.05, 0.1) is 4.92 Å². The van der Waals surface area contributed by atoms with Gasteiger partial charge in [0, 0.05) is 6.54 Å². The SMILES string of the molecule is CCNc1ncnc(-n2cncn2)c1[N+](=O)[O-]. The second-order valence-corrected chi connectivity index (χ2v) is 3.02. The molecule has 0 saturated heterocycles. The van der Waals surface area contributed by atoms with Crippen LogP contribution in [0.2, 0.25) is 0 Å². The Balaban J connectivity index is 2.59. The topological polar surface area (TPSA) is 112 Å². The normalized spacial score (nSPS) is 10.2. The number of nitro groups is 1. The second-order valence-electron chi connectivity index (χ2n) is 3.02. The fourth-order valence-corrected chi connectivity index (χ4v) is 1.32. The van der Waals surface area contributed by atoms with Gasteiger partial charge in [-0.15, -0.1) is 0 Å². The molecule has 2 aromatic rings. The Morgan fingerprint density at radius 2 is 2.29 bits per heavy atom. The largest absolute Gasteiger partial charge is 0.364 e. The third kappa shape index (κ3) is 2.02. The summed E-state index contributed by atoms with van der Waals surface area (Å²) >= 11 is 0. The molecule has 0 aliphatic heterocycles. The molecular formula is C8H9N7O2. The first-order valence-corrected chi connectivity index (χ1v) is 4.82. The van der Waals surface area contributed by atoms with Gasteiger partial charge in [-0.25, -0.2) is 15.0 Å². The number of nitrogens with zero attached hydrogens (tertiary/aromatic N) is 6. The third-order valence-corrected chi connectivity index (χ3v) is 1.97. The van der Waals surface area contributed by atoms with E-state index in [0.29, 0.717) is 6.54 Å². The molecule has 1 N–H and O–H groups in total. The Labute approximate surface area is 95.7 Å². The highest BCUT2D eigenvalue weighted by Crippen LogP contribution is 2.26. The molecule has 2 heterocycles.